The molecule has 0 saturated carbocycles. The molecule has 0 aromatic carbocycles. The number of aryl methyl sites for hydroxylation is 2. The molecule has 7 heteroatoms. The van der Waals surface area contributed by atoms with Crippen LogP contribution >= 0.6 is 11.3 Å². The Labute approximate surface area is 134 Å². The van der Waals surface area contributed by atoms with Gasteiger partial charge in [0.25, 0.3) is 0 Å². The summed E-state index contributed by atoms with van der Waals surface area (Å²) >= 11 is 1.59. The Hall–Kier alpha value is -1.89. The predicted octanol–water partition coefficient (Wildman–Crippen LogP) is 1.82. The number of thiazole rings is 1. The number of nitrogens with one attached hydrogen (secondary N) is 1. The molecule has 2 aromatic heterocycles. The number of carbonyl (C=O) groups excluding carboxylic acids is 1. The van der Waals surface area contributed by atoms with E-state index >= 15 is 0 Å². The SMILES string of the molecule is Cc1nccn1CCCNC(=O)[C@@H]1CCCN1c1nccs1. The summed E-state index contributed by atoms with van der Waals surface area (Å²) in [5, 5.41) is 5.97. The quantitative estimate of drug-likeness (QED) is 0.825. The van der Waals surface area contributed by atoms with E-state index in [9.17, 15) is 4.79 Å². The molecule has 0 bridgehead atoms. The molecule has 0 unspecified atom stereocenters. The molecular formula is C15H21N5OS. The van der Waals surface area contributed by atoms with Crippen LogP contribution in [0.4, 0.5) is 5.13 Å². The average molecular weight is 319 g/mol. The third kappa shape index (κ3) is 3.30. The Balaban J connectivity index is 1.46. The van der Waals surface area contributed by atoms with Crippen LogP contribution in [-0.2, 0) is 11.3 Å². The van der Waals surface area contributed by atoms with Crippen LogP contribution in [0.1, 0.15) is 25.1 Å². The van der Waals surface area contributed by atoms with Gasteiger partial charge in [-0.05, 0) is 26.2 Å². The van der Waals surface area contributed by atoms with E-state index in [1.807, 2.05) is 18.5 Å². The molecule has 3 heterocycles. The van der Waals surface area contributed by atoms with E-state index < -0.39 is 0 Å². The summed E-state index contributed by atoms with van der Waals surface area (Å²) in [5.74, 6) is 1.13. The van der Waals surface area contributed by atoms with Crippen LogP contribution in [0.2, 0.25) is 0 Å². The van der Waals surface area contributed by atoms with Gasteiger partial charge in [-0.25, -0.2) is 9.97 Å². The first-order valence-electron chi connectivity index (χ1n) is 7.67. The van der Waals surface area contributed by atoms with Crippen molar-refractivity contribution in [1.29, 1.82) is 0 Å². The van der Waals surface area contributed by atoms with Gasteiger partial charge in [0, 0.05) is 43.6 Å². The van der Waals surface area contributed by atoms with E-state index in [0.29, 0.717) is 6.54 Å². The van der Waals surface area contributed by atoms with Gasteiger partial charge in [-0.1, -0.05) is 0 Å². The number of anilines is 1. The molecule has 118 valence electrons. The van der Waals surface area contributed by atoms with E-state index in [0.717, 1.165) is 43.3 Å². The predicted molar refractivity (Wildman–Crippen MR) is 87.1 cm³/mol. The van der Waals surface area contributed by atoms with Gasteiger partial charge in [0.15, 0.2) is 5.13 Å². The van der Waals surface area contributed by atoms with Crippen molar-refractivity contribution in [2.45, 2.75) is 38.8 Å². The van der Waals surface area contributed by atoms with Gasteiger partial charge < -0.3 is 14.8 Å². The molecule has 1 atom stereocenters. The minimum absolute atomic E-state index is 0.0684. The third-order valence-electron chi connectivity index (χ3n) is 4.02. The number of nitrogens with zero attached hydrogens (tertiary/aromatic N) is 4. The monoisotopic (exact) mass is 319 g/mol. The summed E-state index contributed by atoms with van der Waals surface area (Å²) in [6.45, 7) is 4.48. The Morgan fingerprint density at radius 1 is 1.45 bits per heavy atom. The lowest BCUT2D eigenvalue weighted by atomic mass is 10.2. The molecule has 1 amide bonds. The molecule has 0 aliphatic carbocycles. The van der Waals surface area contributed by atoms with Crippen molar-refractivity contribution in [2.24, 2.45) is 0 Å². The van der Waals surface area contributed by atoms with E-state index in [1.54, 1.807) is 23.7 Å². The van der Waals surface area contributed by atoms with Crippen molar-refractivity contribution >= 4 is 22.4 Å². The standard InChI is InChI=1S/C15H21N5OS/c1-12-16-6-10-19(12)8-3-5-17-14(21)13-4-2-9-20(13)15-18-7-11-22-15/h6-7,10-11,13H,2-5,8-9H2,1H3,(H,17,21)/t13-/m0/s1. The van der Waals surface area contributed by atoms with Crippen molar-refractivity contribution < 1.29 is 4.79 Å². The molecule has 0 radical (unpaired) electrons. The molecule has 0 spiro atoms. The second kappa shape index (κ2) is 6.91. The molecule has 1 aliphatic rings. The zero-order valence-corrected chi connectivity index (χ0v) is 13.6. The number of rotatable bonds is 6. The Bertz CT molecular complexity index is 609. The van der Waals surface area contributed by atoms with E-state index in [-0.39, 0.29) is 11.9 Å². The van der Waals surface area contributed by atoms with E-state index in [4.69, 9.17) is 0 Å². The Morgan fingerprint density at radius 3 is 3.09 bits per heavy atom. The number of carbonyl (C=O) groups is 1. The lowest BCUT2D eigenvalue weighted by Gasteiger charge is -2.23. The van der Waals surface area contributed by atoms with Crippen LogP contribution in [0.15, 0.2) is 24.0 Å². The topological polar surface area (TPSA) is 63.1 Å². The summed E-state index contributed by atoms with van der Waals surface area (Å²) in [7, 11) is 0. The number of hydrogen-bond donors (Lipinski definition) is 1. The van der Waals surface area contributed by atoms with Gasteiger partial charge in [-0.15, -0.1) is 11.3 Å². The summed E-state index contributed by atoms with van der Waals surface area (Å²) in [6.07, 6.45) is 8.43. The number of aromatic nitrogens is 3. The highest BCUT2D eigenvalue weighted by Gasteiger charge is 2.31. The van der Waals surface area contributed by atoms with Gasteiger partial charge in [-0.3, -0.25) is 4.79 Å². The van der Waals surface area contributed by atoms with Crippen molar-refractivity contribution in [2.75, 3.05) is 18.0 Å². The van der Waals surface area contributed by atoms with Gasteiger partial charge in [0.05, 0.1) is 0 Å². The fourth-order valence-corrected chi connectivity index (χ4v) is 3.56. The molecule has 6 nitrogen and oxygen atoms in total. The maximum absolute atomic E-state index is 12.4. The van der Waals surface area contributed by atoms with Crippen molar-refractivity contribution in [3.63, 3.8) is 0 Å². The fraction of sp³-hybridized carbons (Fsp3) is 0.533. The first-order valence-corrected chi connectivity index (χ1v) is 8.55. The fourth-order valence-electron chi connectivity index (χ4n) is 2.84. The van der Waals surface area contributed by atoms with Gasteiger partial charge in [0.1, 0.15) is 11.9 Å². The maximum atomic E-state index is 12.4. The lowest BCUT2D eigenvalue weighted by molar-refractivity contribution is -0.122. The zero-order valence-electron chi connectivity index (χ0n) is 12.7. The van der Waals surface area contributed by atoms with Crippen LogP contribution in [-0.4, -0.2) is 39.6 Å². The van der Waals surface area contributed by atoms with Gasteiger partial charge in [0.2, 0.25) is 5.91 Å². The van der Waals surface area contributed by atoms with Crippen LogP contribution in [0.5, 0.6) is 0 Å². The Morgan fingerprint density at radius 2 is 2.36 bits per heavy atom. The maximum Gasteiger partial charge on any atom is 0.242 e. The second-order valence-electron chi connectivity index (χ2n) is 5.48. The molecule has 22 heavy (non-hydrogen) atoms. The average Bonchev–Trinajstić information content (AvgIpc) is 3.24. The molecule has 1 aliphatic heterocycles. The van der Waals surface area contributed by atoms with Crippen LogP contribution in [0.3, 0.4) is 0 Å². The molecule has 1 saturated heterocycles. The van der Waals surface area contributed by atoms with E-state index in [2.05, 4.69) is 24.8 Å². The molecular weight excluding hydrogens is 298 g/mol. The number of amides is 1. The first kappa shape index (κ1) is 15.0. The van der Waals surface area contributed by atoms with Crippen LogP contribution in [0.25, 0.3) is 0 Å². The highest BCUT2D eigenvalue weighted by molar-refractivity contribution is 7.13. The third-order valence-corrected chi connectivity index (χ3v) is 4.83. The van der Waals surface area contributed by atoms with Crippen LogP contribution in [0, 0.1) is 6.92 Å². The molecule has 1 fully saturated rings. The molecule has 3 rings (SSSR count). The highest BCUT2D eigenvalue weighted by atomic mass is 32.1. The minimum atomic E-state index is -0.0684. The molecule has 1 N–H and O–H groups in total. The number of imidazole rings is 1. The smallest absolute Gasteiger partial charge is 0.242 e. The Kier molecular flexibility index (Phi) is 4.72. The minimum Gasteiger partial charge on any atom is -0.354 e. The lowest BCUT2D eigenvalue weighted by Crippen LogP contribution is -2.43. The first-order chi connectivity index (χ1) is 10.8. The largest absolute Gasteiger partial charge is 0.354 e. The van der Waals surface area contributed by atoms with Crippen molar-refractivity contribution in [3.8, 4) is 0 Å². The summed E-state index contributed by atoms with van der Waals surface area (Å²) < 4.78 is 2.10. The zero-order chi connectivity index (χ0) is 15.4. The van der Waals surface area contributed by atoms with Crippen molar-refractivity contribution in [3.05, 3.63) is 29.8 Å². The van der Waals surface area contributed by atoms with Crippen molar-refractivity contribution in [1.82, 2.24) is 19.9 Å². The van der Waals surface area contributed by atoms with Gasteiger partial charge in [-0.2, -0.15) is 0 Å². The van der Waals surface area contributed by atoms with Crippen LogP contribution < -0.4 is 10.2 Å². The normalized spacial score (nSPS) is 17.9. The van der Waals surface area contributed by atoms with Gasteiger partial charge >= 0.3 is 0 Å². The summed E-state index contributed by atoms with van der Waals surface area (Å²) in [6, 6.07) is -0.0684. The van der Waals surface area contributed by atoms with E-state index in [1.165, 1.54) is 0 Å². The number of hydrogen-bond acceptors (Lipinski definition) is 5. The second-order valence-corrected chi connectivity index (χ2v) is 6.35. The highest BCUT2D eigenvalue weighted by Crippen LogP contribution is 2.27. The summed E-state index contributed by atoms with van der Waals surface area (Å²) in [5.41, 5.74) is 0. The molecule has 2 aromatic rings. The summed E-state index contributed by atoms with van der Waals surface area (Å²) in [4.78, 5) is 23.0.